The molecule has 0 amide bonds. The van der Waals surface area contributed by atoms with Gasteiger partial charge in [0.25, 0.3) is 0 Å². The van der Waals surface area contributed by atoms with Crippen LogP contribution in [0.5, 0.6) is 0 Å². The van der Waals surface area contributed by atoms with E-state index in [0.29, 0.717) is 5.92 Å². The number of fused-ring (bicyclic) bond motifs is 1. The molecule has 0 spiro atoms. The van der Waals surface area contributed by atoms with Crippen LogP contribution in [-0.4, -0.2) is 4.98 Å². The molecule has 0 saturated heterocycles. The van der Waals surface area contributed by atoms with Crippen molar-refractivity contribution in [3.8, 4) is 0 Å². The molecule has 1 heterocycles. The van der Waals surface area contributed by atoms with Gasteiger partial charge in [0.05, 0.1) is 0 Å². The molecule has 0 N–H and O–H groups in total. The summed E-state index contributed by atoms with van der Waals surface area (Å²) in [7, 11) is 0. The Morgan fingerprint density at radius 2 is 1.83 bits per heavy atom. The molecule has 2 rings (SSSR count). The van der Waals surface area contributed by atoms with Crippen LogP contribution in [0.25, 0.3) is 0 Å². The predicted molar refractivity (Wildman–Crippen MR) is 78.4 cm³/mol. The van der Waals surface area contributed by atoms with Gasteiger partial charge in [-0.1, -0.05) is 41.5 Å². The van der Waals surface area contributed by atoms with Gasteiger partial charge in [-0.05, 0) is 53.7 Å². The van der Waals surface area contributed by atoms with E-state index >= 15 is 0 Å². The molecule has 0 radical (unpaired) electrons. The second kappa shape index (κ2) is 4.68. The van der Waals surface area contributed by atoms with Crippen LogP contribution in [0.4, 0.5) is 0 Å². The zero-order valence-corrected chi connectivity index (χ0v) is 12.9. The molecular weight excluding hydrogens is 218 g/mol. The lowest BCUT2D eigenvalue weighted by molar-refractivity contribution is 0.572. The van der Waals surface area contributed by atoms with Crippen LogP contribution < -0.4 is 0 Å². The third kappa shape index (κ3) is 2.08. The molecule has 1 aliphatic carbocycles. The van der Waals surface area contributed by atoms with E-state index < -0.39 is 0 Å². The van der Waals surface area contributed by atoms with Crippen molar-refractivity contribution in [3.63, 3.8) is 0 Å². The minimum Gasteiger partial charge on any atom is -0.257 e. The first-order valence-electron chi connectivity index (χ1n) is 7.45. The zero-order chi connectivity index (χ0) is 13.5. The van der Waals surface area contributed by atoms with Crippen LogP contribution in [0.1, 0.15) is 82.0 Å². The zero-order valence-electron chi connectivity index (χ0n) is 12.9. The number of nitrogens with zero attached hydrogens (tertiary/aromatic N) is 1. The highest BCUT2D eigenvalue weighted by Crippen LogP contribution is 2.40. The van der Waals surface area contributed by atoms with Gasteiger partial charge in [-0.25, -0.2) is 0 Å². The summed E-state index contributed by atoms with van der Waals surface area (Å²) in [5.74, 6) is 0.650. The first-order valence-corrected chi connectivity index (χ1v) is 7.45. The van der Waals surface area contributed by atoms with Crippen molar-refractivity contribution >= 4 is 0 Å². The highest BCUT2D eigenvalue weighted by Gasteiger charge is 2.31. The maximum atomic E-state index is 5.00. The van der Waals surface area contributed by atoms with Gasteiger partial charge in [-0.3, -0.25) is 4.98 Å². The van der Waals surface area contributed by atoms with Crippen LogP contribution in [0.3, 0.4) is 0 Å². The Balaban J connectivity index is 2.75. The summed E-state index contributed by atoms with van der Waals surface area (Å²) >= 11 is 0. The standard InChI is InChI=1S/C17H27N/c1-7-12-14(8-2)18-16-11(3)9-10-13(16)15(12)17(4,5)6/h11H,7-10H2,1-6H3. The number of rotatable bonds is 2. The van der Waals surface area contributed by atoms with Crippen molar-refractivity contribution in [2.45, 2.75) is 78.6 Å². The van der Waals surface area contributed by atoms with Gasteiger partial charge >= 0.3 is 0 Å². The van der Waals surface area contributed by atoms with E-state index in [9.17, 15) is 0 Å². The summed E-state index contributed by atoms with van der Waals surface area (Å²) in [4.78, 5) is 5.00. The van der Waals surface area contributed by atoms with E-state index in [4.69, 9.17) is 4.98 Å². The Morgan fingerprint density at radius 3 is 2.33 bits per heavy atom. The maximum Gasteiger partial charge on any atom is 0.0470 e. The van der Waals surface area contributed by atoms with Gasteiger partial charge in [-0.2, -0.15) is 0 Å². The smallest absolute Gasteiger partial charge is 0.0470 e. The minimum atomic E-state index is 0.242. The molecule has 1 aromatic rings. The average Bonchev–Trinajstić information content (AvgIpc) is 2.67. The Bertz CT molecular complexity index is 448. The van der Waals surface area contributed by atoms with E-state index in [-0.39, 0.29) is 5.41 Å². The van der Waals surface area contributed by atoms with Crippen molar-refractivity contribution < 1.29 is 0 Å². The van der Waals surface area contributed by atoms with E-state index in [1.807, 2.05) is 0 Å². The second-order valence-electron chi connectivity index (χ2n) is 6.67. The number of aromatic nitrogens is 1. The van der Waals surface area contributed by atoms with Crippen molar-refractivity contribution in [1.82, 2.24) is 4.98 Å². The summed E-state index contributed by atoms with van der Waals surface area (Å²) in [5.41, 5.74) is 7.69. The maximum absolute atomic E-state index is 5.00. The molecule has 0 bridgehead atoms. The molecule has 0 fully saturated rings. The van der Waals surface area contributed by atoms with E-state index in [1.54, 1.807) is 11.1 Å². The molecule has 1 atom stereocenters. The number of hydrogen-bond acceptors (Lipinski definition) is 1. The summed E-state index contributed by atoms with van der Waals surface area (Å²) < 4.78 is 0. The fraction of sp³-hybridized carbons (Fsp3) is 0.706. The molecule has 100 valence electrons. The normalized spacial score (nSPS) is 19.1. The average molecular weight is 245 g/mol. The summed E-state index contributed by atoms with van der Waals surface area (Å²) in [6.07, 6.45) is 4.69. The van der Waals surface area contributed by atoms with E-state index in [1.165, 1.54) is 29.8 Å². The summed E-state index contributed by atoms with van der Waals surface area (Å²) in [5, 5.41) is 0. The van der Waals surface area contributed by atoms with Gasteiger partial charge in [0.1, 0.15) is 0 Å². The predicted octanol–water partition coefficient (Wildman–Crippen LogP) is 4.55. The van der Waals surface area contributed by atoms with Gasteiger partial charge in [-0.15, -0.1) is 0 Å². The van der Waals surface area contributed by atoms with Crippen LogP contribution >= 0.6 is 0 Å². The molecule has 1 aliphatic rings. The first-order chi connectivity index (χ1) is 8.40. The fourth-order valence-corrected chi connectivity index (χ4v) is 3.47. The minimum absolute atomic E-state index is 0.242. The van der Waals surface area contributed by atoms with Gasteiger partial charge < -0.3 is 0 Å². The van der Waals surface area contributed by atoms with Crippen molar-refractivity contribution in [1.29, 1.82) is 0 Å². The Labute approximate surface area is 112 Å². The number of hydrogen-bond donors (Lipinski definition) is 0. The van der Waals surface area contributed by atoms with Crippen LogP contribution in [0, 0.1) is 0 Å². The summed E-state index contributed by atoms with van der Waals surface area (Å²) in [6.45, 7) is 13.9. The van der Waals surface area contributed by atoms with Crippen molar-refractivity contribution in [3.05, 3.63) is 28.1 Å². The van der Waals surface area contributed by atoms with E-state index in [2.05, 4.69) is 41.5 Å². The molecule has 1 aromatic heterocycles. The third-order valence-corrected chi connectivity index (χ3v) is 4.25. The lowest BCUT2D eigenvalue weighted by atomic mass is 9.78. The lowest BCUT2D eigenvalue weighted by Gasteiger charge is -2.28. The van der Waals surface area contributed by atoms with Gasteiger partial charge in [0.15, 0.2) is 0 Å². The highest BCUT2D eigenvalue weighted by molar-refractivity contribution is 5.48. The van der Waals surface area contributed by atoms with E-state index in [0.717, 1.165) is 12.8 Å². The molecule has 0 saturated carbocycles. The van der Waals surface area contributed by atoms with Crippen molar-refractivity contribution in [2.75, 3.05) is 0 Å². The molecule has 1 nitrogen and oxygen atoms in total. The molecule has 1 heteroatoms. The topological polar surface area (TPSA) is 12.9 Å². The van der Waals surface area contributed by atoms with Crippen LogP contribution in [0.2, 0.25) is 0 Å². The molecule has 0 aliphatic heterocycles. The fourth-order valence-electron chi connectivity index (χ4n) is 3.47. The Hall–Kier alpha value is -0.850. The van der Waals surface area contributed by atoms with Crippen LogP contribution in [0.15, 0.2) is 0 Å². The number of aryl methyl sites for hydroxylation is 1. The third-order valence-electron chi connectivity index (χ3n) is 4.25. The monoisotopic (exact) mass is 245 g/mol. The second-order valence-corrected chi connectivity index (χ2v) is 6.67. The van der Waals surface area contributed by atoms with Gasteiger partial charge in [0, 0.05) is 11.4 Å². The SMILES string of the molecule is CCc1nc2c(c(C(C)(C)C)c1CC)CCC2C. The summed E-state index contributed by atoms with van der Waals surface area (Å²) in [6, 6.07) is 0. The molecule has 0 aromatic carbocycles. The first kappa shape index (κ1) is 13.6. The highest BCUT2D eigenvalue weighted by atomic mass is 14.7. The Kier molecular flexibility index (Phi) is 3.53. The Morgan fingerprint density at radius 1 is 1.17 bits per heavy atom. The largest absolute Gasteiger partial charge is 0.257 e. The quantitative estimate of drug-likeness (QED) is 0.744. The molecule has 18 heavy (non-hydrogen) atoms. The van der Waals surface area contributed by atoms with Crippen molar-refractivity contribution in [2.24, 2.45) is 0 Å². The van der Waals surface area contributed by atoms with Gasteiger partial charge in [0.2, 0.25) is 0 Å². The number of pyridine rings is 1. The lowest BCUT2D eigenvalue weighted by Crippen LogP contribution is -2.20. The molecule has 1 unspecified atom stereocenters. The van der Waals surface area contributed by atoms with Crippen LogP contribution in [-0.2, 0) is 24.7 Å². The molecular formula is C17H27N.